The molecule has 5 rings (SSSR count). The quantitative estimate of drug-likeness (QED) is 0.443. The molecule has 160 valence electrons. The Kier molecular flexibility index (Phi) is 5.78. The molecule has 0 N–H and O–H groups in total. The standard InChI is InChI=1S/C26H26O5/c1-18-12-21(20-4-9-23(10-5-20)28-15-25-17-30-25)6-11-26(18)31-13-19-2-7-22(8-3-19)27-14-24-16-29-24/h2-12,24-25H,13-17H2,1H3. The van der Waals surface area contributed by atoms with Gasteiger partial charge in [-0.25, -0.2) is 0 Å². The molecule has 5 nitrogen and oxygen atoms in total. The zero-order valence-corrected chi connectivity index (χ0v) is 17.6. The molecule has 0 bridgehead atoms. The average Bonchev–Trinajstić information content (AvgIpc) is 3.72. The summed E-state index contributed by atoms with van der Waals surface area (Å²) in [5.41, 5.74) is 4.51. The predicted octanol–water partition coefficient (Wildman–Crippen LogP) is 4.80. The second-order valence-corrected chi connectivity index (χ2v) is 7.97. The van der Waals surface area contributed by atoms with Crippen molar-refractivity contribution in [3.63, 3.8) is 0 Å². The van der Waals surface area contributed by atoms with Gasteiger partial charge >= 0.3 is 0 Å². The van der Waals surface area contributed by atoms with Crippen LogP contribution in [0, 0.1) is 6.92 Å². The molecule has 2 aliphatic heterocycles. The highest BCUT2D eigenvalue weighted by Crippen LogP contribution is 2.28. The van der Waals surface area contributed by atoms with E-state index in [-0.39, 0.29) is 12.2 Å². The van der Waals surface area contributed by atoms with Gasteiger partial charge in [-0.05, 0) is 65.6 Å². The van der Waals surface area contributed by atoms with Crippen LogP contribution in [-0.4, -0.2) is 38.6 Å². The Morgan fingerprint density at radius 3 is 1.81 bits per heavy atom. The minimum atomic E-state index is 0.266. The van der Waals surface area contributed by atoms with Gasteiger partial charge in [-0.3, -0.25) is 0 Å². The Hall–Kier alpha value is -3.02. The van der Waals surface area contributed by atoms with Crippen LogP contribution in [0.5, 0.6) is 17.2 Å². The normalized spacial score (nSPS) is 19.0. The summed E-state index contributed by atoms with van der Waals surface area (Å²) in [7, 11) is 0. The lowest BCUT2D eigenvalue weighted by molar-refractivity contribution is 0.262. The van der Waals surface area contributed by atoms with Crippen molar-refractivity contribution in [2.45, 2.75) is 25.7 Å². The van der Waals surface area contributed by atoms with Gasteiger partial charge in [0.05, 0.1) is 13.2 Å². The average molecular weight is 418 g/mol. The summed E-state index contributed by atoms with van der Waals surface area (Å²) in [6.45, 7) is 5.44. The van der Waals surface area contributed by atoms with E-state index in [0.29, 0.717) is 19.8 Å². The van der Waals surface area contributed by atoms with Crippen LogP contribution in [-0.2, 0) is 16.1 Å². The van der Waals surface area contributed by atoms with E-state index in [1.807, 2.05) is 42.5 Å². The zero-order valence-electron chi connectivity index (χ0n) is 17.6. The van der Waals surface area contributed by atoms with Gasteiger partial charge in [0.2, 0.25) is 0 Å². The first-order chi connectivity index (χ1) is 15.2. The number of benzene rings is 3. The molecule has 0 aliphatic carbocycles. The number of rotatable bonds is 10. The molecular formula is C26H26O5. The first-order valence-electron chi connectivity index (χ1n) is 10.6. The molecule has 2 fully saturated rings. The molecule has 31 heavy (non-hydrogen) atoms. The molecule has 2 unspecified atom stereocenters. The summed E-state index contributed by atoms with van der Waals surface area (Å²) in [4.78, 5) is 0. The van der Waals surface area contributed by atoms with Crippen molar-refractivity contribution in [2.24, 2.45) is 0 Å². The molecular weight excluding hydrogens is 392 g/mol. The third-order valence-corrected chi connectivity index (χ3v) is 5.36. The molecule has 3 aromatic carbocycles. The predicted molar refractivity (Wildman–Crippen MR) is 118 cm³/mol. The molecule has 0 radical (unpaired) electrons. The van der Waals surface area contributed by atoms with Crippen molar-refractivity contribution in [1.82, 2.24) is 0 Å². The van der Waals surface area contributed by atoms with Crippen LogP contribution in [0.4, 0.5) is 0 Å². The van der Waals surface area contributed by atoms with E-state index < -0.39 is 0 Å². The second kappa shape index (κ2) is 9.00. The Balaban J connectivity index is 1.16. The molecule has 0 saturated carbocycles. The Labute approximate surface area is 182 Å². The van der Waals surface area contributed by atoms with Gasteiger partial charge in [0.15, 0.2) is 0 Å². The number of aryl methyl sites for hydroxylation is 1. The monoisotopic (exact) mass is 418 g/mol. The van der Waals surface area contributed by atoms with Crippen LogP contribution < -0.4 is 14.2 Å². The van der Waals surface area contributed by atoms with E-state index in [1.165, 1.54) is 0 Å². The minimum Gasteiger partial charge on any atom is -0.491 e. The van der Waals surface area contributed by atoms with E-state index in [9.17, 15) is 0 Å². The van der Waals surface area contributed by atoms with Crippen molar-refractivity contribution in [3.05, 3.63) is 77.9 Å². The SMILES string of the molecule is Cc1cc(-c2ccc(OCC3CO3)cc2)ccc1OCc1ccc(OCC2CO2)cc1. The highest BCUT2D eigenvalue weighted by molar-refractivity contribution is 5.66. The van der Waals surface area contributed by atoms with Gasteiger partial charge in [-0.15, -0.1) is 0 Å². The fourth-order valence-electron chi connectivity index (χ4n) is 3.28. The summed E-state index contributed by atoms with van der Waals surface area (Å²) in [6, 6.07) is 22.5. The van der Waals surface area contributed by atoms with E-state index in [2.05, 4.69) is 31.2 Å². The summed E-state index contributed by atoms with van der Waals surface area (Å²) in [5, 5.41) is 0. The van der Waals surface area contributed by atoms with Gasteiger partial charge in [0.1, 0.15) is 49.3 Å². The van der Waals surface area contributed by atoms with Gasteiger partial charge in [-0.1, -0.05) is 30.3 Å². The first-order valence-corrected chi connectivity index (χ1v) is 10.6. The number of epoxide rings is 2. The maximum Gasteiger partial charge on any atom is 0.122 e. The second-order valence-electron chi connectivity index (χ2n) is 7.97. The van der Waals surface area contributed by atoms with Crippen LogP contribution in [0.3, 0.4) is 0 Å². The Bertz CT molecular complexity index is 1000. The molecule has 0 aromatic heterocycles. The molecule has 2 atom stereocenters. The van der Waals surface area contributed by atoms with Gasteiger partial charge < -0.3 is 23.7 Å². The third kappa shape index (κ3) is 5.57. The number of hydrogen-bond donors (Lipinski definition) is 0. The summed E-state index contributed by atoms with van der Waals surface area (Å²) in [6.07, 6.45) is 0.534. The van der Waals surface area contributed by atoms with Gasteiger partial charge in [-0.2, -0.15) is 0 Å². The highest BCUT2D eigenvalue weighted by Gasteiger charge is 2.23. The summed E-state index contributed by atoms with van der Waals surface area (Å²) in [5.74, 6) is 2.62. The lowest BCUT2D eigenvalue weighted by Gasteiger charge is -2.12. The molecule has 5 heteroatoms. The highest BCUT2D eigenvalue weighted by atomic mass is 16.6. The Morgan fingerprint density at radius 1 is 0.710 bits per heavy atom. The molecule has 0 spiro atoms. The lowest BCUT2D eigenvalue weighted by atomic mass is 10.0. The van der Waals surface area contributed by atoms with E-state index >= 15 is 0 Å². The third-order valence-electron chi connectivity index (χ3n) is 5.36. The first kappa shape index (κ1) is 19.9. The van der Waals surface area contributed by atoms with E-state index in [1.54, 1.807) is 0 Å². The van der Waals surface area contributed by atoms with Crippen LogP contribution in [0.25, 0.3) is 11.1 Å². The van der Waals surface area contributed by atoms with Gasteiger partial charge in [0, 0.05) is 0 Å². The maximum atomic E-state index is 6.05. The maximum absolute atomic E-state index is 6.05. The zero-order chi connectivity index (χ0) is 21.0. The topological polar surface area (TPSA) is 52.8 Å². The lowest BCUT2D eigenvalue weighted by Crippen LogP contribution is -2.04. The van der Waals surface area contributed by atoms with Crippen molar-refractivity contribution in [2.75, 3.05) is 26.4 Å². The van der Waals surface area contributed by atoms with Crippen LogP contribution >= 0.6 is 0 Å². The number of ether oxygens (including phenoxy) is 5. The largest absolute Gasteiger partial charge is 0.491 e. The fraction of sp³-hybridized carbons (Fsp3) is 0.308. The van der Waals surface area contributed by atoms with Crippen LogP contribution in [0.15, 0.2) is 66.7 Å². The van der Waals surface area contributed by atoms with Crippen molar-refractivity contribution < 1.29 is 23.7 Å². The molecule has 2 saturated heterocycles. The minimum absolute atomic E-state index is 0.266. The fourth-order valence-corrected chi connectivity index (χ4v) is 3.28. The van der Waals surface area contributed by atoms with Crippen LogP contribution in [0.2, 0.25) is 0 Å². The van der Waals surface area contributed by atoms with Crippen molar-refractivity contribution in [3.8, 4) is 28.4 Å². The molecule has 2 aliphatic rings. The van der Waals surface area contributed by atoms with E-state index in [0.717, 1.165) is 52.7 Å². The Morgan fingerprint density at radius 2 is 1.26 bits per heavy atom. The molecule has 0 amide bonds. The van der Waals surface area contributed by atoms with Crippen molar-refractivity contribution >= 4 is 0 Å². The smallest absolute Gasteiger partial charge is 0.122 e. The molecule has 3 aromatic rings. The summed E-state index contributed by atoms with van der Waals surface area (Å²) < 4.78 is 27.8. The molecule has 2 heterocycles. The number of hydrogen-bond acceptors (Lipinski definition) is 5. The van der Waals surface area contributed by atoms with Gasteiger partial charge in [0.25, 0.3) is 0 Å². The van der Waals surface area contributed by atoms with E-state index in [4.69, 9.17) is 23.7 Å². The van der Waals surface area contributed by atoms with Crippen LogP contribution in [0.1, 0.15) is 11.1 Å². The summed E-state index contributed by atoms with van der Waals surface area (Å²) >= 11 is 0. The van der Waals surface area contributed by atoms with Crippen molar-refractivity contribution in [1.29, 1.82) is 0 Å².